The maximum absolute atomic E-state index is 11.7. The first-order valence-corrected chi connectivity index (χ1v) is 9.09. The normalized spacial score (nSPS) is 21.9. The van der Waals surface area contributed by atoms with Gasteiger partial charge in [-0.3, -0.25) is 0 Å². The van der Waals surface area contributed by atoms with Crippen molar-refractivity contribution in [2.75, 3.05) is 29.5 Å². The molecule has 1 heterocycles. The van der Waals surface area contributed by atoms with Crippen molar-refractivity contribution in [1.29, 1.82) is 0 Å². The lowest BCUT2D eigenvalue weighted by Gasteiger charge is -2.36. The predicted molar refractivity (Wildman–Crippen MR) is 84.3 cm³/mol. The third-order valence-corrected chi connectivity index (χ3v) is 5.77. The Labute approximate surface area is 126 Å². The zero-order valence-corrected chi connectivity index (χ0v) is 13.5. The molecule has 1 N–H and O–H groups in total. The fourth-order valence-corrected chi connectivity index (χ4v) is 4.39. The average Bonchev–Trinajstić information content (AvgIpc) is 2.36. The van der Waals surface area contributed by atoms with Crippen molar-refractivity contribution in [3.8, 4) is 0 Å². The highest BCUT2D eigenvalue weighted by atomic mass is 35.5. The molecule has 1 aliphatic heterocycles. The smallest absolute Gasteiger partial charge is 0.154 e. The number of rotatable bonds is 4. The molecule has 0 radical (unpaired) electrons. The van der Waals surface area contributed by atoms with Gasteiger partial charge in [0, 0.05) is 35.4 Å². The van der Waals surface area contributed by atoms with Gasteiger partial charge in [0.2, 0.25) is 0 Å². The van der Waals surface area contributed by atoms with Crippen LogP contribution < -0.4 is 10.2 Å². The summed E-state index contributed by atoms with van der Waals surface area (Å²) in [5.74, 6) is 0.421. The van der Waals surface area contributed by atoms with Gasteiger partial charge in [-0.1, -0.05) is 24.6 Å². The van der Waals surface area contributed by atoms with E-state index in [1.54, 1.807) is 0 Å². The van der Waals surface area contributed by atoms with Crippen molar-refractivity contribution in [3.05, 3.63) is 28.8 Å². The van der Waals surface area contributed by atoms with Crippen LogP contribution in [-0.2, 0) is 16.4 Å². The van der Waals surface area contributed by atoms with Gasteiger partial charge in [0.1, 0.15) is 0 Å². The summed E-state index contributed by atoms with van der Waals surface area (Å²) in [6.07, 6.45) is 0. The van der Waals surface area contributed by atoms with E-state index in [0.717, 1.165) is 22.8 Å². The maximum Gasteiger partial charge on any atom is 0.154 e. The summed E-state index contributed by atoms with van der Waals surface area (Å²) >= 11 is 6.30. The second-order valence-corrected chi connectivity index (χ2v) is 7.81. The summed E-state index contributed by atoms with van der Waals surface area (Å²) in [6, 6.07) is 5.80. The molecule has 1 aliphatic rings. The number of benzene rings is 1. The molecule has 1 aromatic carbocycles. The van der Waals surface area contributed by atoms with E-state index >= 15 is 0 Å². The SMILES string of the molecule is CCNCc1c(Cl)cccc1N1CCS(=O)(=O)CC1C. The van der Waals surface area contributed by atoms with Gasteiger partial charge in [-0.15, -0.1) is 0 Å². The number of halogens is 1. The Balaban J connectivity index is 2.30. The van der Waals surface area contributed by atoms with Gasteiger partial charge in [-0.2, -0.15) is 0 Å². The first kappa shape index (κ1) is 15.6. The van der Waals surface area contributed by atoms with Crippen LogP contribution in [0.5, 0.6) is 0 Å². The van der Waals surface area contributed by atoms with Crippen LogP contribution in [0.4, 0.5) is 5.69 Å². The van der Waals surface area contributed by atoms with Crippen molar-refractivity contribution < 1.29 is 8.42 Å². The minimum atomic E-state index is -2.90. The van der Waals surface area contributed by atoms with Crippen molar-refractivity contribution in [2.45, 2.75) is 26.4 Å². The molecule has 20 heavy (non-hydrogen) atoms. The minimum absolute atomic E-state index is 0.0207. The second kappa shape index (κ2) is 6.33. The number of anilines is 1. The third-order valence-electron chi connectivity index (χ3n) is 3.63. The molecule has 0 saturated carbocycles. The van der Waals surface area contributed by atoms with Crippen molar-refractivity contribution in [1.82, 2.24) is 5.32 Å². The van der Waals surface area contributed by atoms with Crippen LogP contribution in [0.2, 0.25) is 5.02 Å². The van der Waals surface area contributed by atoms with Crippen molar-refractivity contribution >= 4 is 27.1 Å². The summed E-state index contributed by atoms with van der Waals surface area (Å²) in [5.41, 5.74) is 2.09. The van der Waals surface area contributed by atoms with E-state index in [0.29, 0.717) is 13.1 Å². The van der Waals surface area contributed by atoms with E-state index in [2.05, 4.69) is 10.2 Å². The largest absolute Gasteiger partial charge is 0.366 e. The lowest BCUT2D eigenvalue weighted by atomic mass is 10.1. The van der Waals surface area contributed by atoms with Gasteiger partial charge in [0.05, 0.1) is 11.5 Å². The third kappa shape index (κ3) is 3.45. The highest BCUT2D eigenvalue weighted by molar-refractivity contribution is 7.91. The molecular weight excluding hydrogens is 296 g/mol. The van der Waals surface area contributed by atoms with Crippen LogP contribution >= 0.6 is 11.6 Å². The standard InChI is InChI=1S/C14H21ClN2O2S/c1-3-16-9-12-13(15)5-4-6-14(12)17-7-8-20(18,19)10-11(17)2/h4-6,11,16H,3,7-10H2,1-2H3. The monoisotopic (exact) mass is 316 g/mol. The Hall–Kier alpha value is -0.780. The lowest BCUT2D eigenvalue weighted by Crippen LogP contribution is -2.47. The summed E-state index contributed by atoms with van der Waals surface area (Å²) in [5, 5.41) is 4.01. The Bertz CT molecular complexity index is 575. The topological polar surface area (TPSA) is 49.4 Å². The van der Waals surface area contributed by atoms with E-state index in [4.69, 9.17) is 11.6 Å². The molecule has 0 aliphatic carbocycles. The van der Waals surface area contributed by atoms with Gasteiger partial charge in [0.15, 0.2) is 9.84 Å². The molecule has 1 atom stereocenters. The van der Waals surface area contributed by atoms with Crippen LogP contribution in [0.15, 0.2) is 18.2 Å². The van der Waals surface area contributed by atoms with Gasteiger partial charge in [-0.25, -0.2) is 8.42 Å². The average molecular weight is 317 g/mol. The molecule has 112 valence electrons. The van der Waals surface area contributed by atoms with Gasteiger partial charge in [0.25, 0.3) is 0 Å². The zero-order valence-electron chi connectivity index (χ0n) is 11.9. The van der Waals surface area contributed by atoms with Crippen LogP contribution in [-0.4, -0.2) is 39.1 Å². The highest BCUT2D eigenvalue weighted by Gasteiger charge is 2.29. The molecular formula is C14H21ClN2O2S. The molecule has 1 fully saturated rings. The fourth-order valence-electron chi connectivity index (χ4n) is 2.60. The molecule has 4 nitrogen and oxygen atoms in total. The number of sulfone groups is 1. The number of hydrogen-bond donors (Lipinski definition) is 1. The van der Waals surface area contributed by atoms with E-state index in [-0.39, 0.29) is 17.5 Å². The Kier molecular flexibility index (Phi) is 4.94. The second-order valence-electron chi connectivity index (χ2n) is 5.17. The van der Waals surface area contributed by atoms with Gasteiger partial charge < -0.3 is 10.2 Å². The highest BCUT2D eigenvalue weighted by Crippen LogP contribution is 2.30. The molecule has 1 saturated heterocycles. The van der Waals surface area contributed by atoms with Gasteiger partial charge in [-0.05, 0) is 25.6 Å². The van der Waals surface area contributed by atoms with E-state index < -0.39 is 9.84 Å². The summed E-state index contributed by atoms with van der Waals surface area (Å²) in [4.78, 5) is 2.15. The summed E-state index contributed by atoms with van der Waals surface area (Å²) < 4.78 is 23.4. The maximum atomic E-state index is 11.7. The van der Waals surface area contributed by atoms with E-state index in [1.165, 1.54) is 0 Å². The van der Waals surface area contributed by atoms with Crippen molar-refractivity contribution in [2.24, 2.45) is 0 Å². The van der Waals surface area contributed by atoms with Gasteiger partial charge >= 0.3 is 0 Å². The number of nitrogens with one attached hydrogen (secondary N) is 1. The first-order chi connectivity index (χ1) is 9.44. The number of nitrogens with zero attached hydrogens (tertiary/aromatic N) is 1. The fraction of sp³-hybridized carbons (Fsp3) is 0.571. The molecule has 0 spiro atoms. The molecule has 2 rings (SSSR count). The van der Waals surface area contributed by atoms with Crippen LogP contribution in [0.1, 0.15) is 19.4 Å². The summed E-state index contributed by atoms with van der Waals surface area (Å²) in [7, 11) is -2.90. The molecule has 0 bridgehead atoms. The van der Waals surface area contributed by atoms with E-state index in [9.17, 15) is 8.42 Å². The number of hydrogen-bond acceptors (Lipinski definition) is 4. The molecule has 0 amide bonds. The Morgan fingerprint density at radius 1 is 1.45 bits per heavy atom. The Morgan fingerprint density at radius 3 is 2.85 bits per heavy atom. The molecule has 1 unspecified atom stereocenters. The summed E-state index contributed by atoms with van der Waals surface area (Å²) in [6.45, 7) is 6.10. The van der Waals surface area contributed by atoms with Crippen LogP contribution in [0, 0.1) is 0 Å². The Morgan fingerprint density at radius 2 is 2.20 bits per heavy atom. The molecule has 1 aromatic rings. The lowest BCUT2D eigenvalue weighted by molar-refractivity contribution is 0.567. The minimum Gasteiger partial charge on any atom is -0.366 e. The predicted octanol–water partition coefficient (Wildman–Crippen LogP) is 2.07. The molecule has 6 heteroatoms. The first-order valence-electron chi connectivity index (χ1n) is 6.90. The quantitative estimate of drug-likeness (QED) is 0.924. The molecule has 0 aromatic heterocycles. The van der Waals surface area contributed by atoms with Crippen molar-refractivity contribution in [3.63, 3.8) is 0 Å². The van der Waals surface area contributed by atoms with Crippen LogP contribution in [0.25, 0.3) is 0 Å². The van der Waals surface area contributed by atoms with Crippen LogP contribution in [0.3, 0.4) is 0 Å². The zero-order chi connectivity index (χ0) is 14.8. The van der Waals surface area contributed by atoms with E-state index in [1.807, 2.05) is 32.0 Å².